The van der Waals surface area contributed by atoms with Gasteiger partial charge >= 0.3 is 0 Å². The van der Waals surface area contributed by atoms with Gasteiger partial charge in [-0.05, 0) is 18.4 Å². The molecule has 2 aromatic rings. The number of benzene rings is 2. The number of quaternary nitrogens is 2. The molecular weight excluding hydrogens is 396 g/mol. The zero-order valence-corrected chi connectivity index (χ0v) is 18.6. The summed E-state index contributed by atoms with van der Waals surface area (Å²) in [6, 6.07) is 18.4. The highest BCUT2D eigenvalue weighted by Gasteiger charge is 2.28. The lowest BCUT2D eigenvalue weighted by molar-refractivity contribution is -0.901. The Morgan fingerprint density at radius 1 is 1.07 bits per heavy atom. The highest BCUT2D eigenvalue weighted by Crippen LogP contribution is 2.24. The number of amides is 2. The molecule has 1 aliphatic rings. The van der Waals surface area contributed by atoms with Crippen molar-refractivity contribution in [3.8, 4) is 0 Å². The van der Waals surface area contributed by atoms with E-state index in [1.54, 1.807) is 11.8 Å². The van der Waals surface area contributed by atoms with E-state index in [1.165, 1.54) is 10.5 Å². The van der Waals surface area contributed by atoms with Crippen LogP contribution in [-0.4, -0.2) is 57.3 Å². The van der Waals surface area contributed by atoms with E-state index in [9.17, 15) is 9.59 Å². The van der Waals surface area contributed by atoms with E-state index in [1.807, 2.05) is 43.6 Å². The molecule has 30 heavy (non-hydrogen) atoms. The van der Waals surface area contributed by atoms with E-state index in [0.29, 0.717) is 6.54 Å². The minimum Gasteiger partial charge on any atom is -0.343 e. The maximum absolute atomic E-state index is 12.4. The van der Waals surface area contributed by atoms with Crippen LogP contribution in [0.5, 0.6) is 0 Å². The number of thioether (sulfide) groups is 1. The van der Waals surface area contributed by atoms with Gasteiger partial charge in [0.05, 0.1) is 31.9 Å². The lowest BCUT2D eigenvalue weighted by atomic mass is 10.2. The first-order chi connectivity index (χ1) is 14.5. The molecule has 1 heterocycles. The topological polar surface area (TPSA) is 67.1 Å². The number of nitrogens with one attached hydrogen (secondary N) is 4. The SMILES string of the molecule is CSc1ccccc1NC(=O)C[NH+](C)CC(=O)N[C@H]1CC[NH+](Cc2ccccc2)C1. The van der Waals surface area contributed by atoms with Gasteiger partial charge in [-0.1, -0.05) is 42.5 Å². The smallest absolute Gasteiger partial charge is 0.279 e. The Balaban J connectivity index is 1.38. The lowest BCUT2D eigenvalue weighted by Crippen LogP contribution is -3.11. The standard InChI is InChI=1S/C23H30N4O2S/c1-26(17-23(29)25-20-10-6-7-11-21(20)30-2)16-22(28)24-19-12-13-27(15-19)14-18-8-4-3-5-9-18/h3-11,19H,12-17H2,1-2H3,(H,24,28)(H,25,29)/p+2/t19-/m0/s1. The van der Waals surface area contributed by atoms with Gasteiger partial charge < -0.3 is 20.4 Å². The van der Waals surface area contributed by atoms with Gasteiger partial charge in [0.1, 0.15) is 6.54 Å². The average Bonchev–Trinajstić information content (AvgIpc) is 3.15. The maximum atomic E-state index is 12.4. The van der Waals surface area contributed by atoms with Gasteiger partial charge in [0.25, 0.3) is 11.8 Å². The van der Waals surface area contributed by atoms with Gasteiger partial charge in [0.15, 0.2) is 13.1 Å². The Bertz CT molecular complexity index is 846. The van der Waals surface area contributed by atoms with Crippen LogP contribution in [0.4, 0.5) is 5.69 Å². The van der Waals surface area contributed by atoms with E-state index in [4.69, 9.17) is 0 Å². The molecule has 2 aromatic carbocycles. The normalized spacial score (nSPS) is 19.3. The fourth-order valence-electron chi connectivity index (χ4n) is 3.93. The summed E-state index contributed by atoms with van der Waals surface area (Å²) in [7, 11) is 1.88. The number of carbonyl (C=O) groups excluding carboxylic acids is 2. The fourth-order valence-corrected chi connectivity index (χ4v) is 4.48. The number of para-hydroxylation sites is 1. The van der Waals surface area contributed by atoms with Crippen molar-refractivity contribution in [2.24, 2.45) is 0 Å². The molecule has 0 bridgehead atoms. The molecule has 7 heteroatoms. The summed E-state index contributed by atoms with van der Waals surface area (Å²) in [5, 5.41) is 6.10. The van der Waals surface area contributed by atoms with Crippen LogP contribution in [0.2, 0.25) is 0 Å². The van der Waals surface area contributed by atoms with Crippen molar-refractivity contribution in [2.45, 2.75) is 23.9 Å². The Hall–Kier alpha value is -2.35. The zero-order valence-electron chi connectivity index (χ0n) is 17.7. The van der Waals surface area contributed by atoms with E-state index in [2.05, 4.69) is 34.9 Å². The van der Waals surface area contributed by atoms with Gasteiger partial charge in [-0.15, -0.1) is 11.8 Å². The molecule has 0 spiro atoms. The minimum absolute atomic E-state index is 0.00998. The Labute approximate surface area is 183 Å². The molecule has 1 aliphatic heterocycles. The van der Waals surface area contributed by atoms with Gasteiger partial charge in [-0.25, -0.2) is 0 Å². The average molecular weight is 429 g/mol. The van der Waals surface area contributed by atoms with Gasteiger partial charge in [-0.2, -0.15) is 0 Å². The molecule has 0 radical (unpaired) electrons. The van der Waals surface area contributed by atoms with Crippen LogP contribution in [0.25, 0.3) is 0 Å². The van der Waals surface area contributed by atoms with Crippen LogP contribution in [0.1, 0.15) is 12.0 Å². The Morgan fingerprint density at radius 3 is 2.53 bits per heavy atom. The molecule has 3 atom stereocenters. The van der Waals surface area contributed by atoms with Crippen LogP contribution in [0.15, 0.2) is 59.5 Å². The molecule has 160 valence electrons. The van der Waals surface area contributed by atoms with Crippen molar-refractivity contribution >= 4 is 29.3 Å². The molecule has 0 aliphatic carbocycles. The maximum Gasteiger partial charge on any atom is 0.279 e. The van der Waals surface area contributed by atoms with Crippen molar-refractivity contribution < 1.29 is 19.4 Å². The minimum atomic E-state index is -0.0823. The summed E-state index contributed by atoms with van der Waals surface area (Å²) in [5.41, 5.74) is 2.15. The molecule has 6 nitrogen and oxygen atoms in total. The van der Waals surface area contributed by atoms with Crippen molar-refractivity contribution in [1.29, 1.82) is 0 Å². The summed E-state index contributed by atoms with van der Waals surface area (Å²) in [4.78, 5) is 28.2. The van der Waals surface area contributed by atoms with E-state index < -0.39 is 0 Å². The number of carbonyl (C=O) groups is 2. The van der Waals surface area contributed by atoms with Crippen molar-refractivity contribution in [1.82, 2.24) is 5.32 Å². The van der Waals surface area contributed by atoms with Crippen LogP contribution in [0.3, 0.4) is 0 Å². The number of anilines is 1. The number of likely N-dealkylation sites (tertiary alicyclic amines) is 1. The predicted molar refractivity (Wildman–Crippen MR) is 121 cm³/mol. The molecule has 0 saturated carbocycles. The van der Waals surface area contributed by atoms with Crippen LogP contribution >= 0.6 is 11.8 Å². The molecular formula is C23H32N4O2S+2. The van der Waals surface area contributed by atoms with E-state index in [-0.39, 0.29) is 24.4 Å². The van der Waals surface area contributed by atoms with Gasteiger partial charge in [0.2, 0.25) is 0 Å². The predicted octanol–water partition coefficient (Wildman–Crippen LogP) is -0.165. The molecule has 0 aromatic heterocycles. The third kappa shape index (κ3) is 6.86. The molecule has 1 saturated heterocycles. The number of hydrogen-bond acceptors (Lipinski definition) is 3. The summed E-state index contributed by atoms with van der Waals surface area (Å²) >= 11 is 1.60. The monoisotopic (exact) mass is 428 g/mol. The third-order valence-corrected chi connectivity index (χ3v) is 6.15. The second-order valence-electron chi connectivity index (χ2n) is 7.98. The third-order valence-electron chi connectivity index (χ3n) is 5.35. The van der Waals surface area contributed by atoms with Crippen LogP contribution in [0, 0.1) is 0 Å². The van der Waals surface area contributed by atoms with Crippen LogP contribution < -0.4 is 20.4 Å². The molecule has 2 amide bonds. The molecule has 4 N–H and O–H groups in total. The molecule has 1 fully saturated rings. The summed E-state index contributed by atoms with van der Waals surface area (Å²) in [6.45, 7) is 3.57. The fraction of sp³-hybridized carbons (Fsp3) is 0.391. The second kappa shape index (κ2) is 11.2. The lowest BCUT2D eigenvalue weighted by Gasteiger charge is -2.17. The largest absolute Gasteiger partial charge is 0.343 e. The van der Waals surface area contributed by atoms with Crippen molar-refractivity contribution in [3.63, 3.8) is 0 Å². The first-order valence-corrected chi connectivity index (χ1v) is 11.7. The summed E-state index contributed by atoms with van der Waals surface area (Å²) < 4.78 is 0. The second-order valence-corrected chi connectivity index (χ2v) is 8.83. The number of hydrogen-bond donors (Lipinski definition) is 4. The van der Waals surface area contributed by atoms with E-state index in [0.717, 1.165) is 41.5 Å². The molecule has 3 rings (SSSR count). The van der Waals surface area contributed by atoms with E-state index >= 15 is 0 Å². The number of likely N-dealkylation sites (N-methyl/N-ethyl adjacent to an activating group) is 1. The van der Waals surface area contributed by atoms with Crippen LogP contribution in [-0.2, 0) is 16.1 Å². The Morgan fingerprint density at radius 2 is 1.77 bits per heavy atom. The first kappa shape index (κ1) is 22.3. The highest BCUT2D eigenvalue weighted by molar-refractivity contribution is 7.98. The zero-order chi connectivity index (χ0) is 21.3. The van der Waals surface area contributed by atoms with Gasteiger partial charge in [0, 0.05) is 16.9 Å². The van der Waals surface area contributed by atoms with Gasteiger partial charge in [-0.3, -0.25) is 9.59 Å². The first-order valence-electron chi connectivity index (χ1n) is 10.4. The summed E-state index contributed by atoms with van der Waals surface area (Å²) in [6.07, 6.45) is 2.98. The molecule has 2 unspecified atom stereocenters. The highest BCUT2D eigenvalue weighted by atomic mass is 32.2. The Kier molecular flexibility index (Phi) is 8.30. The van der Waals surface area contributed by atoms with Crippen molar-refractivity contribution in [3.05, 3.63) is 60.2 Å². The quantitative estimate of drug-likeness (QED) is 0.420. The summed E-state index contributed by atoms with van der Waals surface area (Å²) in [5.74, 6) is -0.0723. The number of rotatable bonds is 9. The van der Waals surface area contributed by atoms with Crippen molar-refractivity contribution in [2.75, 3.05) is 44.8 Å².